The number of rotatable bonds is 6. The summed E-state index contributed by atoms with van der Waals surface area (Å²) in [7, 11) is 0. The summed E-state index contributed by atoms with van der Waals surface area (Å²) in [4.78, 5) is 20.3. The molecule has 1 aromatic rings. The zero-order valence-corrected chi connectivity index (χ0v) is 10.9. The Morgan fingerprint density at radius 3 is 2.70 bits per heavy atom. The van der Waals surface area contributed by atoms with Crippen molar-refractivity contribution in [2.24, 2.45) is 0 Å². The van der Waals surface area contributed by atoms with Crippen LogP contribution in [0.3, 0.4) is 0 Å². The van der Waals surface area contributed by atoms with E-state index in [-0.39, 0.29) is 11.4 Å². The van der Waals surface area contributed by atoms with Gasteiger partial charge >= 0.3 is 0 Å². The van der Waals surface area contributed by atoms with E-state index < -0.39 is 9.85 Å². The van der Waals surface area contributed by atoms with Gasteiger partial charge in [0.2, 0.25) is 0 Å². The molecule has 0 amide bonds. The second kappa shape index (κ2) is 6.29. The summed E-state index contributed by atoms with van der Waals surface area (Å²) in [5.41, 5.74) is -0.225. The lowest BCUT2D eigenvalue weighted by atomic mass is 10.1. The highest BCUT2D eigenvalue weighted by molar-refractivity contribution is 5.65. The van der Waals surface area contributed by atoms with Crippen LogP contribution in [0.4, 0.5) is 17.1 Å². The van der Waals surface area contributed by atoms with E-state index in [2.05, 4.69) is 10.6 Å². The van der Waals surface area contributed by atoms with Gasteiger partial charge in [0, 0.05) is 18.7 Å². The number of anilines is 1. The zero-order valence-electron chi connectivity index (χ0n) is 10.9. The van der Waals surface area contributed by atoms with Crippen LogP contribution in [0.2, 0.25) is 0 Å². The minimum absolute atomic E-state index is 0.265. The van der Waals surface area contributed by atoms with Gasteiger partial charge in [0.05, 0.1) is 15.9 Å². The summed E-state index contributed by atoms with van der Waals surface area (Å²) >= 11 is 0. The van der Waals surface area contributed by atoms with Gasteiger partial charge in [-0.05, 0) is 31.9 Å². The normalized spacial score (nSPS) is 17.9. The van der Waals surface area contributed by atoms with Crippen molar-refractivity contribution in [2.45, 2.75) is 25.3 Å². The quantitative estimate of drug-likeness (QED) is 0.609. The monoisotopic (exact) mass is 280 g/mol. The Balaban J connectivity index is 2.02. The highest BCUT2D eigenvalue weighted by atomic mass is 16.6. The number of benzene rings is 1. The average molecular weight is 280 g/mol. The van der Waals surface area contributed by atoms with Gasteiger partial charge in [0.15, 0.2) is 0 Å². The van der Waals surface area contributed by atoms with Crippen LogP contribution >= 0.6 is 0 Å². The van der Waals surface area contributed by atoms with Crippen LogP contribution in [-0.2, 0) is 0 Å². The lowest BCUT2D eigenvalue weighted by molar-refractivity contribution is -0.393. The van der Waals surface area contributed by atoms with E-state index in [0.29, 0.717) is 18.3 Å². The summed E-state index contributed by atoms with van der Waals surface area (Å²) in [6.45, 7) is 1.61. The number of non-ortho nitro benzene ring substituents is 1. The van der Waals surface area contributed by atoms with Gasteiger partial charge in [-0.15, -0.1) is 0 Å². The summed E-state index contributed by atoms with van der Waals surface area (Å²) < 4.78 is 0. The van der Waals surface area contributed by atoms with Crippen molar-refractivity contribution in [1.29, 1.82) is 0 Å². The fourth-order valence-corrected chi connectivity index (χ4v) is 2.32. The molecular weight excluding hydrogens is 264 g/mol. The molecular formula is C12H16N4O4. The third kappa shape index (κ3) is 3.41. The molecule has 2 N–H and O–H groups in total. The fourth-order valence-electron chi connectivity index (χ4n) is 2.32. The summed E-state index contributed by atoms with van der Waals surface area (Å²) in [6, 6.07) is 4.08. The molecule has 8 heteroatoms. The molecule has 1 heterocycles. The Kier molecular flexibility index (Phi) is 4.46. The van der Waals surface area contributed by atoms with E-state index in [9.17, 15) is 20.2 Å². The molecule has 1 atom stereocenters. The second-order valence-corrected chi connectivity index (χ2v) is 4.72. The standard InChI is InChI=1S/C12H16N4O4/c17-15(18)10-3-4-11(12(8-10)16(19)20)14-7-5-9-2-1-6-13-9/h3-4,8-9,13-14H,1-2,5-7H2/t9-/m1/s1. The molecule has 0 saturated carbocycles. The fraction of sp³-hybridized carbons (Fsp3) is 0.500. The lowest BCUT2D eigenvalue weighted by Gasteiger charge is -2.11. The van der Waals surface area contributed by atoms with Crippen molar-refractivity contribution >= 4 is 17.1 Å². The first-order chi connectivity index (χ1) is 9.58. The van der Waals surface area contributed by atoms with Crippen molar-refractivity contribution in [1.82, 2.24) is 5.32 Å². The molecule has 0 aliphatic carbocycles. The van der Waals surface area contributed by atoms with Crippen molar-refractivity contribution in [3.8, 4) is 0 Å². The lowest BCUT2D eigenvalue weighted by Crippen LogP contribution is -2.24. The Labute approximate surface area is 115 Å². The van der Waals surface area contributed by atoms with Gasteiger partial charge < -0.3 is 10.6 Å². The van der Waals surface area contributed by atoms with E-state index >= 15 is 0 Å². The zero-order chi connectivity index (χ0) is 14.5. The van der Waals surface area contributed by atoms with Crippen LogP contribution < -0.4 is 10.6 Å². The van der Waals surface area contributed by atoms with E-state index in [4.69, 9.17) is 0 Å². The van der Waals surface area contributed by atoms with Gasteiger partial charge in [-0.3, -0.25) is 20.2 Å². The highest BCUT2D eigenvalue weighted by Crippen LogP contribution is 2.28. The summed E-state index contributed by atoms with van der Waals surface area (Å²) in [5.74, 6) is 0. The number of nitrogens with zero attached hydrogens (tertiary/aromatic N) is 2. The summed E-state index contributed by atoms with van der Waals surface area (Å²) in [5, 5.41) is 27.9. The Morgan fingerprint density at radius 2 is 2.10 bits per heavy atom. The molecule has 1 aliphatic heterocycles. The molecule has 1 saturated heterocycles. The number of hydrogen-bond acceptors (Lipinski definition) is 6. The van der Waals surface area contributed by atoms with Gasteiger partial charge in [-0.25, -0.2) is 0 Å². The van der Waals surface area contributed by atoms with Crippen molar-refractivity contribution < 1.29 is 9.85 Å². The minimum atomic E-state index is -0.640. The number of hydrogen-bond donors (Lipinski definition) is 2. The Hall–Kier alpha value is -2.22. The first-order valence-electron chi connectivity index (χ1n) is 6.48. The van der Waals surface area contributed by atoms with Crippen LogP contribution in [0.5, 0.6) is 0 Å². The first-order valence-corrected chi connectivity index (χ1v) is 6.48. The highest BCUT2D eigenvalue weighted by Gasteiger charge is 2.19. The third-order valence-corrected chi connectivity index (χ3v) is 3.36. The minimum Gasteiger partial charge on any atom is -0.379 e. The molecule has 1 aromatic carbocycles. The molecule has 1 fully saturated rings. The molecule has 0 spiro atoms. The maximum absolute atomic E-state index is 10.9. The maximum atomic E-state index is 10.9. The molecule has 0 aromatic heterocycles. The molecule has 0 unspecified atom stereocenters. The predicted molar refractivity (Wildman–Crippen MR) is 73.9 cm³/mol. The van der Waals surface area contributed by atoms with Gasteiger partial charge in [0.25, 0.3) is 11.4 Å². The average Bonchev–Trinajstić information content (AvgIpc) is 2.91. The smallest absolute Gasteiger partial charge is 0.299 e. The molecule has 20 heavy (non-hydrogen) atoms. The van der Waals surface area contributed by atoms with Gasteiger partial charge in [0.1, 0.15) is 5.69 Å². The molecule has 8 nitrogen and oxygen atoms in total. The van der Waals surface area contributed by atoms with Crippen LogP contribution in [0.1, 0.15) is 19.3 Å². The van der Waals surface area contributed by atoms with Gasteiger partial charge in [-0.2, -0.15) is 0 Å². The van der Waals surface area contributed by atoms with Crippen molar-refractivity contribution in [3.63, 3.8) is 0 Å². The third-order valence-electron chi connectivity index (χ3n) is 3.36. The second-order valence-electron chi connectivity index (χ2n) is 4.72. The summed E-state index contributed by atoms with van der Waals surface area (Å²) in [6.07, 6.45) is 3.14. The predicted octanol–water partition coefficient (Wildman–Crippen LogP) is 2.06. The molecule has 2 rings (SSSR count). The van der Waals surface area contributed by atoms with Crippen LogP contribution in [-0.4, -0.2) is 29.0 Å². The molecule has 108 valence electrons. The molecule has 1 aliphatic rings. The Morgan fingerprint density at radius 1 is 1.30 bits per heavy atom. The van der Waals surface area contributed by atoms with Crippen molar-refractivity contribution in [2.75, 3.05) is 18.4 Å². The van der Waals surface area contributed by atoms with Crippen LogP contribution in [0.25, 0.3) is 0 Å². The van der Waals surface area contributed by atoms with Crippen LogP contribution in [0.15, 0.2) is 18.2 Å². The first kappa shape index (κ1) is 14.2. The Bertz CT molecular complexity index is 514. The number of nitrogens with one attached hydrogen (secondary N) is 2. The van der Waals surface area contributed by atoms with Crippen molar-refractivity contribution in [3.05, 3.63) is 38.4 Å². The molecule has 0 bridgehead atoms. The van der Waals surface area contributed by atoms with Crippen LogP contribution in [0, 0.1) is 20.2 Å². The largest absolute Gasteiger partial charge is 0.379 e. The topological polar surface area (TPSA) is 110 Å². The molecule has 0 radical (unpaired) electrons. The number of nitro groups is 2. The van der Waals surface area contributed by atoms with E-state index in [1.54, 1.807) is 0 Å². The van der Waals surface area contributed by atoms with Gasteiger partial charge in [-0.1, -0.05) is 0 Å². The SMILES string of the molecule is O=[N+]([O-])c1ccc(NCC[C@H]2CCCN2)c([N+](=O)[O-])c1. The van der Waals surface area contributed by atoms with E-state index in [1.807, 2.05) is 0 Å². The maximum Gasteiger partial charge on any atom is 0.299 e. The number of nitro benzene ring substituents is 2. The van der Waals surface area contributed by atoms with E-state index in [0.717, 1.165) is 31.9 Å². The van der Waals surface area contributed by atoms with E-state index in [1.165, 1.54) is 12.1 Å².